The molecule has 3 rings (SSSR count). The highest BCUT2D eigenvalue weighted by molar-refractivity contribution is 5.41. The topological polar surface area (TPSA) is 55.0 Å². The second-order valence-electron chi connectivity index (χ2n) is 5.14. The summed E-state index contributed by atoms with van der Waals surface area (Å²) < 4.78 is 39.2. The van der Waals surface area contributed by atoms with Crippen molar-refractivity contribution in [2.45, 2.75) is 37.9 Å². The summed E-state index contributed by atoms with van der Waals surface area (Å²) in [6.45, 7) is 1.15. The van der Waals surface area contributed by atoms with Crippen molar-refractivity contribution in [1.29, 1.82) is 0 Å². The Hall–Kier alpha value is -1.37. The Morgan fingerprint density at radius 1 is 1.21 bits per heavy atom. The average molecular weight is 272 g/mol. The van der Waals surface area contributed by atoms with Crippen LogP contribution in [-0.2, 0) is 19.0 Å². The van der Waals surface area contributed by atoms with Crippen LogP contribution in [0.3, 0.4) is 0 Å². The zero-order chi connectivity index (χ0) is 13.6. The standard InChI is InChI=1S/C12H15F3N4/c13-12(14,15)10-8-2-1-3-9(8)17-11(18-10)19-5-4-7(16)6-19/h7H,1-6,16H2. The van der Waals surface area contributed by atoms with Gasteiger partial charge in [-0.25, -0.2) is 9.97 Å². The molecule has 1 saturated heterocycles. The smallest absolute Gasteiger partial charge is 0.339 e. The van der Waals surface area contributed by atoms with E-state index in [0.717, 1.165) is 12.8 Å². The van der Waals surface area contributed by atoms with Gasteiger partial charge in [-0.15, -0.1) is 0 Å². The fourth-order valence-electron chi connectivity index (χ4n) is 2.76. The Morgan fingerprint density at radius 2 is 2.00 bits per heavy atom. The lowest BCUT2D eigenvalue weighted by Crippen LogP contribution is -2.28. The van der Waals surface area contributed by atoms with Gasteiger partial charge in [0.25, 0.3) is 0 Å². The molecule has 2 N–H and O–H groups in total. The van der Waals surface area contributed by atoms with Crippen molar-refractivity contribution < 1.29 is 13.2 Å². The Morgan fingerprint density at radius 3 is 2.63 bits per heavy atom. The van der Waals surface area contributed by atoms with Crippen LogP contribution in [0.15, 0.2) is 0 Å². The molecular formula is C12H15F3N4. The number of fused-ring (bicyclic) bond motifs is 1. The van der Waals surface area contributed by atoms with Crippen molar-refractivity contribution in [3.8, 4) is 0 Å². The molecule has 1 aliphatic carbocycles. The molecule has 1 unspecified atom stereocenters. The molecule has 1 aromatic heterocycles. The summed E-state index contributed by atoms with van der Waals surface area (Å²) in [6.07, 6.45) is -1.90. The molecule has 4 nitrogen and oxygen atoms in total. The molecule has 0 saturated carbocycles. The Balaban J connectivity index is 2.03. The van der Waals surface area contributed by atoms with Crippen LogP contribution in [0, 0.1) is 0 Å². The van der Waals surface area contributed by atoms with Crippen LogP contribution in [0.5, 0.6) is 0 Å². The first-order chi connectivity index (χ1) is 8.95. The number of nitrogens with zero attached hydrogens (tertiary/aromatic N) is 3. The summed E-state index contributed by atoms with van der Waals surface area (Å²) in [5, 5.41) is 0. The molecule has 1 aromatic rings. The first-order valence-electron chi connectivity index (χ1n) is 6.42. The van der Waals surface area contributed by atoms with Gasteiger partial charge in [-0.1, -0.05) is 0 Å². The maximum atomic E-state index is 13.1. The van der Waals surface area contributed by atoms with E-state index in [1.54, 1.807) is 4.90 Å². The molecule has 0 aromatic carbocycles. The SMILES string of the molecule is NC1CCN(c2nc3c(c(C(F)(F)F)n2)CCC3)C1. The predicted molar refractivity (Wildman–Crippen MR) is 63.9 cm³/mol. The van der Waals surface area contributed by atoms with E-state index in [1.165, 1.54) is 0 Å². The van der Waals surface area contributed by atoms with Crippen LogP contribution in [0.25, 0.3) is 0 Å². The van der Waals surface area contributed by atoms with Crippen LogP contribution in [0.2, 0.25) is 0 Å². The molecule has 19 heavy (non-hydrogen) atoms. The van der Waals surface area contributed by atoms with E-state index in [1.807, 2.05) is 0 Å². The number of nitrogens with two attached hydrogens (primary N) is 1. The zero-order valence-electron chi connectivity index (χ0n) is 10.4. The van der Waals surface area contributed by atoms with Gasteiger partial charge < -0.3 is 10.6 Å². The molecule has 1 fully saturated rings. The molecule has 2 heterocycles. The molecule has 2 aliphatic rings. The highest BCUT2D eigenvalue weighted by atomic mass is 19.4. The molecule has 0 radical (unpaired) electrons. The van der Waals surface area contributed by atoms with Crippen LogP contribution < -0.4 is 10.6 Å². The summed E-state index contributed by atoms with van der Waals surface area (Å²) >= 11 is 0. The number of hydrogen-bond acceptors (Lipinski definition) is 4. The third-order valence-corrected chi connectivity index (χ3v) is 3.70. The van der Waals surface area contributed by atoms with Gasteiger partial charge in [0.2, 0.25) is 5.95 Å². The minimum absolute atomic E-state index is 0.00816. The number of aromatic nitrogens is 2. The maximum absolute atomic E-state index is 13.1. The Labute approximate surface area is 108 Å². The summed E-state index contributed by atoms with van der Waals surface area (Å²) in [4.78, 5) is 9.82. The first-order valence-corrected chi connectivity index (χ1v) is 6.42. The van der Waals surface area contributed by atoms with Crippen LogP contribution in [0.4, 0.5) is 19.1 Å². The monoisotopic (exact) mass is 272 g/mol. The number of rotatable bonds is 1. The van der Waals surface area contributed by atoms with Crippen molar-refractivity contribution in [3.63, 3.8) is 0 Å². The molecule has 0 bridgehead atoms. The van der Waals surface area contributed by atoms with Gasteiger partial charge in [0.1, 0.15) is 0 Å². The van der Waals surface area contributed by atoms with Gasteiger partial charge in [-0.2, -0.15) is 13.2 Å². The van der Waals surface area contributed by atoms with Crippen LogP contribution in [0.1, 0.15) is 29.8 Å². The summed E-state index contributed by atoms with van der Waals surface area (Å²) in [7, 11) is 0. The van der Waals surface area contributed by atoms with Gasteiger partial charge in [0.15, 0.2) is 5.69 Å². The lowest BCUT2D eigenvalue weighted by molar-refractivity contribution is -0.141. The number of alkyl halides is 3. The lowest BCUT2D eigenvalue weighted by Gasteiger charge is -2.19. The number of aryl methyl sites for hydroxylation is 1. The number of halogens is 3. The van der Waals surface area contributed by atoms with Crippen molar-refractivity contribution in [3.05, 3.63) is 17.0 Å². The van der Waals surface area contributed by atoms with Crippen molar-refractivity contribution in [2.75, 3.05) is 18.0 Å². The molecule has 1 atom stereocenters. The third-order valence-electron chi connectivity index (χ3n) is 3.70. The summed E-state index contributed by atoms with van der Waals surface area (Å²) in [5.74, 6) is 0.181. The zero-order valence-corrected chi connectivity index (χ0v) is 10.4. The van der Waals surface area contributed by atoms with E-state index < -0.39 is 11.9 Å². The van der Waals surface area contributed by atoms with E-state index in [4.69, 9.17) is 5.73 Å². The molecule has 104 valence electrons. The van der Waals surface area contributed by atoms with Crippen LogP contribution in [-0.4, -0.2) is 29.1 Å². The van der Waals surface area contributed by atoms with E-state index in [0.29, 0.717) is 31.6 Å². The van der Waals surface area contributed by atoms with E-state index in [9.17, 15) is 13.2 Å². The second-order valence-corrected chi connectivity index (χ2v) is 5.14. The largest absolute Gasteiger partial charge is 0.433 e. The summed E-state index contributed by atoms with van der Waals surface area (Å²) in [6, 6.07) is -0.00816. The average Bonchev–Trinajstić information content (AvgIpc) is 2.94. The van der Waals surface area contributed by atoms with Crippen molar-refractivity contribution in [1.82, 2.24) is 9.97 Å². The fourth-order valence-corrected chi connectivity index (χ4v) is 2.76. The fraction of sp³-hybridized carbons (Fsp3) is 0.667. The van der Waals surface area contributed by atoms with E-state index >= 15 is 0 Å². The minimum Gasteiger partial charge on any atom is -0.339 e. The van der Waals surface area contributed by atoms with Gasteiger partial charge in [0, 0.05) is 30.4 Å². The number of anilines is 1. The quantitative estimate of drug-likeness (QED) is 0.842. The van der Waals surface area contributed by atoms with Crippen LogP contribution >= 0.6 is 0 Å². The molecule has 0 amide bonds. The summed E-state index contributed by atoms with van der Waals surface area (Å²) in [5.41, 5.74) is 5.85. The van der Waals surface area contributed by atoms with Gasteiger partial charge in [-0.3, -0.25) is 0 Å². The third kappa shape index (κ3) is 2.27. The van der Waals surface area contributed by atoms with Gasteiger partial charge in [-0.05, 0) is 25.7 Å². The maximum Gasteiger partial charge on any atom is 0.433 e. The minimum atomic E-state index is -4.41. The van der Waals surface area contributed by atoms with Gasteiger partial charge >= 0.3 is 6.18 Å². The highest BCUT2D eigenvalue weighted by Gasteiger charge is 2.39. The lowest BCUT2D eigenvalue weighted by atomic mass is 10.2. The molecule has 0 spiro atoms. The van der Waals surface area contributed by atoms with Crippen molar-refractivity contribution in [2.24, 2.45) is 5.73 Å². The highest BCUT2D eigenvalue weighted by Crippen LogP contribution is 2.36. The number of hydrogen-bond donors (Lipinski definition) is 1. The first kappa shape index (κ1) is 12.7. The second kappa shape index (κ2) is 4.33. The van der Waals surface area contributed by atoms with Crippen molar-refractivity contribution >= 4 is 5.95 Å². The van der Waals surface area contributed by atoms with E-state index in [2.05, 4.69) is 9.97 Å². The molecule has 7 heteroatoms. The normalized spacial score (nSPS) is 22.9. The Kier molecular flexibility index (Phi) is 2.88. The molecular weight excluding hydrogens is 257 g/mol. The molecule has 1 aliphatic heterocycles. The Bertz CT molecular complexity index is 500. The van der Waals surface area contributed by atoms with E-state index in [-0.39, 0.29) is 17.6 Å². The predicted octanol–water partition coefficient (Wildman–Crippen LogP) is 1.52. The van der Waals surface area contributed by atoms with Gasteiger partial charge in [0.05, 0.1) is 0 Å².